The van der Waals surface area contributed by atoms with Gasteiger partial charge in [-0.15, -0.1) is 0 Å². The second-order valence-electron chi connectivity index (χ2n) is 5.21. The van der Waals surface area contributed by atoms with Crippen LogP contribution in [0, 0.1) is 6.92 Å². The average Bonchev–Trinajstić information content (AvgIpc) is 2.63. The largest absolute Gasteiger partial charge is 0.493 e. The lowest BCUT2D eigenvalue weighted by Crippen LogP contribution is -2.38. The lowest BCUT2D eigenvalue weighted by molar-refractivity contribution is 0.0935. The van der Waals surface area contributed by atoms with Crippen LogP contribution in [0.5, 0.6) is 11.5 Å². The first-order chi connectivity index (χ1) is 11.6. The molecule has 5 nitrogen and oxygen atoms in total. The van der Waals surface area contributed by atoms with Crippen LogP contribution in [0.1, 0.15) is 41.5 Å². The minimum absolute atomic E-state index is 0.0859. The summed E-state index contributed by atoms with van der Waals surface area (Å²) in [5, 5.41) is 6.29. The number of rotatable bonds is 3. The number of ether oxygens (including phenoxy) is 2. The molecule has 0 bridgehead atoms. The van der Waals surface area contributed by atoms with Crippen LogP contribution in [0.3, 0.4) is 0 Å². The van der Waals surface area contributed by atoms with Crippen LogP contribution < -0.4 is 20.1 Å². The Hall–Kier alpha value is -2.69. The SMILES string of the molecule is CC.COc1ccc(C2NC(=O)c3cc(C)ccc3N2)cc1OC. The van der Waals surface area contributed by atoms with Gasteiger partial charge in [0.2, 0.25) is 0 Å². The van der Waals surface area contributed by atoms with Crippen molar-refractivity contribution in [3.8, 4) is 11.5 Å². The monoisotopic (exact) mass is 328 g/mol. The van der Waals surface area contributed by atoms with Crippen LogP contribution in [0.4, 0.5) is 5.69 Å². The van der Waals surface area contributed by atoms with Gasteiger partial charge in [0.15, 0.2) is 11.5 Å². The van der Waals surface area contributed by atoms with E-state index in [4.69, 9.17) is 9.47 Å². The predicted molar refractivity (Wildman–Crippen MR) is 95.9 cm³/mol. The van der Waals surface area contributed by atoms with E-state index < -0.39 is 0 Å². The maximum atomic E-state index is 12.3. The van der Waals surface area contributed by atoms with Crippen molar-refractivity contribution in [2.24, 2.45) is 0 Å². The molecule has 0 saturated carbocycles. The van der Waals surface area contributed by atoms with Crippen LogP contribution in [0.15, 0.2) is 36.4 Å². The topological polar surface area (TPSA) is 59.6 Å². The molecule has 1 atom stereocenters. The number of nitrogens with one attached hydrogen (secondary N) is 2. The van der Waals surface area contributed by atoms with Gasteiger partial charge in [-0.25, -0.2) is 0 Å². The Balaban J connectivity index is 0.00000100. The third kappa shape index (κ3) is 3.45. The fourth-order valence-corrected chi connectivity index (χ4v) is 2.57. The van der Waals surface area contributed by atoms with Crippen LogP contribution in [-0.2, 0) is 0 Å². The summed E-state index contributed by atoms with van der Waals surface area (Å²) in [6, 6.07) is 11.4. The molecular weight excluding hydrogens is 304 g/mol. The van der Waals surface area contributed by atoms with Gasteiger partial charge < -0.3 is 20.1 Å². The molecule has 0 fully saturated rings. The van der Waals surface area contributed by atoms with E-state index in [-0.39, 0.29) is 12.1 Å². The van der Waals surface area contributed by atoms with Gasteiger partial charge in [-0.3, -0.25) is 4.79 Å². The Morgan fingerprint density at radius 3 is 2.29 bits per heavy atom. The molecule has 1 aliphatic heterocycles. The number of aryl methyl sites for hydroxylation is 1. The number of hydrogen-bond donors (Lipinski definition) is 2. The molecule has 0 spiro atoms. The normalized spacial score (nSPS) is 15.2. The summed E-state index contributed by atoms with van der Waals surface area (Å²) in [4.78, 5) is 12.3. The highest BCUT2D eigenvalue weighted by atomic mass is 16.5. The van der Waals surface area contributed by atoms with Crippen molar-refractivity contribution < 1.29 is 14.3 Å². The molecule has 0 radical (unpaired) electrons. The summed E-state index contributed by atoms with van der Waals surface area (Å²) >= 11 is 0. The first kappa shape index (κ1) is 17.7. The van der Waals surface area contributed by atoms with Crippen molar-refractivity contribution in [1.29, 1.82) is 0 Å². The molecule has 3 rings (SSSR count). The Kier molecular flexibility index (Phi) is 5.68. The number of fused-ring (bicyclic) bond motifs is 1. The van der Waals surface area contributed by atoms with Gasteiger partial charge in [0.25, 0.3) is 5.91 Å². The second kappa shape index (κ2) is 7.73. The first-order valence-electron chi connectivity index (χ1n) is 8.02. The third-order valence-electron chi connectivity index (χ3n) is 3.74. The summed E-state index contributed by atoms with van der Waals surface area (Å²) in [5.41, 5.74) is 3.45. The smallest absolute Gasteiger partial charge is 0.255 e. The molecular formula is C19H24N2O3. The fraction of sp³-hybridized carbons (Fsp3) is 0.316. The number of anilines is 1. The van der Waals surface area contributed by atoms with E-state index in [2.05, 4.69) is 10.6 Å². The van der Waals surface area contributed by atoms with Gasteiger partial charge in [0.05, 0.1) is 19.8 Å². The molecule has 0 aromatic heterocycles. The van der Waals surface area contributed by atoms with Crippen molar-refractivity contribution in [2.45, 2.75) is 26.9 Å². The molecule has 128 valence electrons. The van der Waals surface area contributed by atoms with E-state index in [0.717, 1.165) is 16.8 Å². The fourth-order valence-electron chi connectivity index (χ4n) is 2.57. The molecule has 0 saturated heterocycles. The molecule has 1 heterocycles. The quantitative estimate of drug-likeness (QED) is 0.897. The highest BCUT2D eigenvalue weighted by molar-refractivity contribution is 6.01. The maximum Gasteiger partial charge on any atom is 0.255 e. The lowest BCUT2D eigenvalue weighted by atomic mass is 10.0. The zero-order valence-electron chi connectivity index (χ0n) is 14.8. The van der Waals surface area contributed by atoms with Crippen molar-refractivity contribution in [3.63, 3.8) is 0 Å². The highest BCUT2D eigenvalue weighted by Gasteiger charge is 2.25. The third-order valence-corrected chi connectivity index (χ3v) is 3.74. The zero-order valence-corrected chi connectivity index (χ0v) is 14.8. The van der Waals surface area contributed by atoms with Crippen LogP contribution in [0.25, 0.3) is 0 Å². The summed E-state index contributed by atoms with van der Waals surface area (Å²) in [6.07, 6.45) is -0.303. The van der Waals surface area contributed by atoms with E-state index in [1.807, 2.05) is 57.2 Å². The van der Waals surface area contributed by atoms with E-state index in [1.165, 1.54) is 0 Å². The van der Waals surface area contributed by atoms with Gasteiger partial charge in [0.1, 0.15) is 6.17 Å². The molecule has 1 unspecified atom stereocenters. The van der Waals surface area contributed by atoms with Gasteiger partial charge >= 0.3 is 0 Å². The van der Waals surface area contributed by atoms with Gasteiger partial charge in [0, 0.05) is 5.69 Å². The lowest BCUT2D eigenvalue weighted by Gasteiger charge is -2.28. The molecule has 2 N–H and O–H groups in total. The van der Waals surface area contributed by atoms with Crippen LogP contribution >= 0.6 is 0 Å². The number of carbonyl (C=O) groups is 1. The van der Waals surface area contributed by atoms with Crippen molar-refractivity contribution in [3.05, 3.63) is 53.1 Å². The van der Waals surface area contributed by atoms with Crippen LogP contribution in [0.2, 0.25) is 0 Å². The molecule has 2 aromatic carbocycles. The first-order valence-corrected chi connectivity index (χ1v) is 8.02. The predicted octanol–water partition coefficient (Wildman–Crippen LogP) is 3.89. The number of hydrogen-bond acceptors (Lipinski definition) is 4. The molecule has 24 heavy (non-hydrogen) atoms. The summed E-state index contributed by atoms with van der Waals surface area (Å²) < 4.78 is 10.6. The minimum Gasteiger partial charge on any atom is -0.493 e. The number of methoxy groups -OCH3 is 2. The van der Waals surface area contributed by atoms with Gasteiger partial charge in [-0.05, 0) is 36.8 Å². The summed E-state index contributed by atoms with van der Waals surface area (Å²) in [6.45, 7) is 5.97. The van der Waals surface area contributed by atoms with E-state index >= 15 is 0 Å². The van der Waals surface area contributed by atoms with Gasteiger partial charge in [-0.1, -0.05) is 31.5 Å². The molecule has 0 aliphatic carbocycles. The average molecular weight is 328 g/mol. The molecule has 1 aliphatic rings. The Morgan fingerprint density at radius 1 is 0.917 bits per heavy atom. The molecule has 1 amide bonds. The zero-order chi connectivity index (χ0) is 17.7. The maximum absolute atomic E-state index is 12.3. The Morgan fingerprint density at radius 2 is 1.62 bits per heavy atom. The number of carbonyl (C=O) groups excluding carboxylic acids is 1. The standard InChI is InChI=1S/C17H18N2O3.C2H6/c1-10-4-6-13-12(8-10)17(20)19-16(18-13)11-5-7-14(21-2)15(9-11)22-3;1-2/h4-9,16,18H,1-3H3,(H,19,20);1-2H3. The highest BCUT2D eigenvalue weighted by Crippen LogP contribution is 2.32. The van der Waals surface area contributed by atoms with Crippen molar-refractivity contribution in [2.75, 3.05) is 19.5 Å². The minimum atomic E-state index is -0.303. The van der Waals surface area contributed by atoms with Gasteiger partial charge in [-0.2, -0.15) is 0 Å². The van der Waals surface area contributed by atoms with Crippen molar-refractivity contribution >= 4 is 11.6 Å². The van der Waals surface area contributed by atoms with Crippen molar-refractivity contribution in [1.82, 2.24) is 5.32 Å². The van der Waals surface area contributed by atoms with Crippen LogP contribution in [-0.4, -0.2) is 20.1 Å². The summed E-state index contributed by atoms with van der Waals surface area (Å²) in [5.74, 6) is 1.20. The number of benzene rings is 2. The Labute approximate surface area is 143 Å². The van der Waals surface area contributed by atoms with E-state index in [1.54, 1.807) is 14.2 Å². The molecule has 2 aromatic rings. The van der Waals surface area contributed by atoms with E-state index in [9.17, 15) is 4.79 Å². The summed E-state index contributed by atoms with van der Waals surface area (Å²) in [7, 11) is 3.18. The number of amides is 1. The Bertz CT molecular complexity index is 729. The molecule has 5 heteroatoms. The second-order valence-corrected chi connectivity index (χ2v) is 5.21. The van der Waals surface area contributed by atoms with E-state index in [0.29, 0.717) is 17.1 Å².